The first kappa shape index (κ1) is 15.9. The van der Waals surface area contributed by atoms with Crippen molar-refractivity contribution in [1.82, 2.24) is 4.90 Å². The highest BCUT2D eigenvalue weighted by molar-refractivity contribution is 5.81. The first-order valence-corrected chi connectivity index (χ1v) is 8.04. The second kappa shape index (κ2) is 6.97. The van der Waals surface area contributed by atoms with Gasteiger partial charge in [0.05, 0.1) is 0 Å². The van der Waals surface area contributed by atoms with Crippen molar-refractivity contribution in [3.8, 4) is 5.75 Å². The van der Waals surface area contributed by atoms with Crippen LogP contribution in [0.15, 0.2) is 18.2 Å². The summed E-state index contributed by atoms with van der Waals surface area (Å²) < 4.78 is 5.96. The average molecular weight is 289 g/mol. The number of likely N-dealkylation sites (tertiary alicyclic amines) is 1. The summed E-state index contributed by atoms with van der Waals surface area (Å²) in [5, 5.41) is 0. The summed E-state index contributed by atoms with van der Waals surface area (Å²) in [4.78, 5) is 14.6. The number of rotatable bonds is 4. The SMILES string of the molecule is CC[C@@H](Oc1ccc(C)c(C)c1)C(=O)N1CCC[C@H](C)C1. The van der Waals surface area contributed by atoms with E-state index in [1.54, 1.807) is 0 Å². The lowest BCUT2D eigenvalue weighted by atomic mass is 9.99. The van der Waals surface area contributed by atoms with Gasteiger partial charge in [-0.3, -0.25) is 4.79 Å². The first-order valence-electron chi connectivity index (χ1n) is 8.04. The van der Waals surface area contributed by atoms with Crippen LogP contribution in [-0.4, -0.2) is 30.0 Å². The molecule has 2 rings (SSSR count). The Hall–Kier alpha value is -1.51. The number of amides is 1. The Bertz CT molecular complexity index is 498. The van der Waals surface area contributed by atoms with E-state index in [1.165, 1.54) is 17.5 Å². The molecule has 0 aromatic heterocycles. The van der Waals surface area contributed by atoms with Crippen LogP contribution in [0.5, 0.6) is 5.75 Å². The van der Waals surface area contributed by atoms with E-state index in [0.717, 1.165) is 25.3 Å². The number of aryl methyl sites for hydroxylation is 2. The molecule has 0 radical (unpaired) electrons. The minimum atomic E-state index is -0.364. The Morgan fingerprint density at radius 1 is 1.38 bits per heavy atom. The van der Waals surface area contributed by atoms with Crippen LogP contribution in [0.3, 0.4) is 0 Å². The second-order valence-corrected chi connectivity index (χ2v) is 6.29. The van der Waals surface area contributed by atoms with E-state index in [-0.39, 0.29) is 12.0 Å². The lowest BCUT2D eigenvalue weighted by Crippen LogP contribution is -2.46. The molecule has 1 amide bonds. The van der Waals surface area contributed by atoms with Crippen LogP contribution >= 0.6 is 0 Å². The maximum Gasteiger partial charge on any atom is 0.263 e. The predicted molar refractivity (Wildman–Crippen MR) is 85.6 cm³/mol. The van der Waals surface area contributed by atoms with E-state index >= 15 is 0 Å². The van der Waals surface area contributed by atoms with Crippen LogP contribution in [0, 0.1) is 19.8 Å². The molecule has 0 aliphatic carbocycles. The molecule has 1 heterocycles. The minimum Gasteiger partial charge on any atom is -0.481 e. The normalized spacial score (nSPS) is 20.2. The van der Waals surface area contributed by atoms with Gasteiger partial charge >= 0.3 is 0 Å². The van der Waals surface area contributed by atoms with Gasteiger partial charge in [0.2, 0.25) is 0 Å². The van der Waals surface area contributed by atoms with Gasteiger partial charge in [0.15, 0.2) is 6.10 Å². The summed E-state index contributed by atoms with van der Waals surface area (Å²) in [6.45, 7) is 10.1. The lowest BCUT2D eigenvalue weighted by Gasteiger charge is -2.33. The minimum absolute atomic E-state index is 0.141. The van der Waals surface area contributed by atoms with Gasteiger partial charge in [0.1, 0.15) is 5.75 Å². The second-order valence-electron chi connectivity index (χ2n) is 6.29. The molecule has 1 aliphatic rings. The maximum absolute atomic E-state index is 12.6. The van der Waals surface area contributed by atoms with Crippen LogP contribution in [0.4, 0.5) is 0 Å². The zero-order valence-corrected chi connectivity index (χ0v) is 13.7. The predicted octanol–water partition coefficient (Wildman–Crippen LogP) is 3.72. The third-order valence-electron chi connectivity index (χ3n) is 4.37. The van der Waals surface area contributed by atoms with Crippen molar-refractivity contribution in [2.24, 2.45) is 5.92 Å². The molecule has 1 saturated heterocycles. The zero-order chi connectivity index (χ0) is 15.4. The smallest absolute Gasteiger partial charge is 0.263 e. The lowest BCUT2D eigenvalue weighted by molar-refractivity contribution is -0.140. The van der Waals surface area contributed by atoms with E-state index in [2.05, 4.69) is 20.8 Å². The Kier molecular flexibility index (Phi) is 5.27. The molecule has 3 heteroatoms. The van der Waals surface area contributed by atoms with Crippen molar-refractivity contribution < 1.29 is 9.53 Å². The summed E-state index contributed by atoms with van der Waals surface area (Å²) in [6, 6.07) is 6.02. The van der Waals surface area contributed by atoms with Gasteiger partial charge in [0, 0.05) is 13.1 Å². The van der Waals surface area contributed by atoms with Crippen molar-refractivity contribution in [2.75, 3.05) is 13.1 Å². The fourth-order valence-corrected chi connectivity index (χ4v) is 2.85. The van der Waals surface area contributed by atoms with Gasteiger partial charge in [-0.15, -0.1) is 0 Å². The molecule has 1 aromatic carbocycles. The van der Waals surface area contributed by atoms with Crippen LogP contribution < -0.4 is 4.74 Å². The molecule has 21 heavy (non-hydrogen) atoms. The van der Waals surface area contributed by atoms with Gasteiger partial charge < -0.3 is 9.64 Å². The number of carbonyl (C=O) groups is 1. The molecule has 0 saturated carbocycles. The van der Waals surface area contributed by atoms with Gasteiger partial charge in [0.25, 0.3) is 5.91 Å². The number of nitrogens with zero attached hydrogens (tertiary/aromatic N) is 1. The molecule has 2 atom stereocenters. The summed E-state index contributed by atoms with van der Waals surface area (Å²) in [5.41, 5.74) is 2.44. The number of carbonyl (C=O) groups excluding carboxylic acids is 1. The summed E-state index contributed by atoms with van der Waals surface area (Å²) >= 11 is 0. The fourth-order valence-electron chi connectivity index (χ4n) is 2.85. The van der Waals surface area contributed by atoms with E-state index in [9.17, 15) is 4.79 Å². The highest BCUT2D eigenvalue weighted by Gasteiger charge is 2.27. The Labute approximate surface area is 128 Å². The standard InChI is InChI=1S/C18H27NO2/c1-5-17(18(20)19-10-6-7-13(2)12-19)21-16-9-8-14(3)15(4)11-16/h8-9,11,13,17H,5-7,10,12H2,1-4H3/t13-,17+/m0/s1. The van der Waals surface area contributed by atoms with Gasteiger partial charge in [-0.1, -0.05) is 19.9 Å². The molecular weight excluding hydrogens is 262 g/mol. The van der Waals surface area contributed by atoms with Crippen molar-refractivity contribution in [2.45, 2.75) is 53.1 Å². The van der Waals surface area contributed by atoms with E-state index in [0.29, 0.717) is 12.3 Å². The van der Waals surface area contributed by atoms with Crippen LogP contribution in [0.1, 0.15) is 44.2 Å². The molecule has 1 fully saturated rings. The monoisotopic (exact) mass is 289 g/mol. The van der Waals surface area contributed by atoms with Crippen LogP contribution in [-0.2, 0) is 4.79 Å². The first-order chi connectivity index (χ1) is 10.0. The van der Waals surface area contributed by atoms with Crippen molar-refractivity contribution in [1.29, 1.82) is 0 Å². The molecule has 0 bridgehead atoms. The highest BCUT2D eigenvalue weighted by Crippen LogP contribution is 2.21. The van der Waals surface area contributed by atoms with E-state index in [1.807, 2.05) is 30.0 Å². The average Bonchev–Trinajstić information content (AvgIpc) is 2.47. The Morgan fingerprint density at radius 2 is 2.14 bits per heavy atom. The summed E-state index contributed by atoms with van der Waals surface area (Å²) in [5.74, 6) is 1.53. The van der Waals surface area contributed by atoms with Gasteiger partial charge in [-0.25, -0.2) is 0 Å². The van der Waals surface area contributed by atoms with Crippen LogP contribution in [0.25, 0.3) is 0 Å². The quantitative estimate of drug-likeness (QED) is 0.845. The van der Waals surface area contributed by atoms with E-state index in [4.69, 9.17) is 4.74 Å². The molecule has 116 valence electrons. The summed E-state index contributed by atoms with van der Waals surface area (Å²) in [6.07, 6.45) is 2.67. The zero-order valence-electron chi connectivity index (χ0n) is 13.7. The molecule has 0 unspecified atom stereocenters. The molecule has 1 aromatic rings. The highest BCUT2D eigenvalue weighted by atomic mass is 16.5. The van der Waals surface area contributed by atoms with Gasteiger partial charge in [-0.05, 0) is 62.3 Å². The van der Waals surface area contributed by atoms with Crippen molar-refractivity contribution in [3.63, 3.8) is 0 Å². The van der Waals surface area contributed by atoms with Gasteiger partial charge in [-0.2, -0.15) is 0 Å². The van der Waals surface area contributed by atoms with Crippen LogP contribution in [0.2, 0.25) is 0 Å². The molecule has 1 aliphatic heterocycles. The summed E-state index contributed by atoms with van der Waals surface area (Å²) in [7, 11) is 0. The number of piperidine rings is 1. The topological polar surface area (TPSA) is 29.5 Å². The molecular formula is C18H27NO2. The van der Waals surface area contributed by atoms with Crippen molar-refractivity contribution in [3.05, 3.63) is 29.3 Å². The van der Waals surface area contributed by atoms with E-state index < -0.39 is 0 Å². The largest absolute Gasteiger partial charge is 0.481 e. The third kappa shape index (κ3) is 3.99. The Balaban J connectivity index is 2.04. The third-order valence-corrected chi connectivity index (χ3v) is 4.37. The molecule has 3 nitrogen and oxygen atoms in total. The molecule has 0 N–H and O–H groups in total. The fraction of sp³-hybridized carbons (Fsp3) is 0.611. The van der Waals surface area contributed by atoms with Crippen molar-refractivity contribution >= 4 is 5.91 Å². The Morgan fingerprint density at radius 3 is 2.76 bits per heavy atom. The molecule has 0 spiro atoms. The number of benzene rings is 1. The number of hydrogen-bond acceptors (Lipinski definition) is 2. The number of hydrogen-bond donors (Lipinski definition) is 0. The maximum atomic E-state index is 12.6. The number of ether oxygens (including phenoxy) is 1.